The molecular formula is C21H27N7O3S. The summed E-state index contributed by atoms with van der Waals surface area (Å²) in [5.74, 6) is -0.108. The Morgan fingerprint density at radius 1 is 1.41 bits per heavy atom. The molecule has 0 saturated heterocycles. The number of nitrogens with zero attached hydrogens (tertiary/aromatic N) is 3. The van der Waals surface area contributed by atoms with Gasteiger partial charge in [0, 0.05) is 24.7 Å². The Bertz CT molecular complexity index is 1170. The number of fused-ring (bicyclic) bond motifs is 1. The van der Waals surface area contributed by atoms with Crippen LogP contribution in [0.25, 0.3) is 10.9 Å². The fourth-order valence-corrected chi connectivity index (χ4v) is 4.43. The maximum atomic E-state index is 13.2. The number of aryl methyl sites for hydroxylation is 1. The molecule has 0 unspecified atom stereocenters. The van der Waals surface area contributed by atoms with Crippen LogP contribution >= 0.6 is 12.2 Å². The SMILES string of the molecule is Cn1cc2c(C(=O)N[C@@H](CCCN)C(=O)N[C@H]3CCC[C@H]3c3n[nH]c(=S)o3)cccc2n1. The van der Waals surface area contributed by atoms with E-state index in [0.29, 0.717) is 30.8 Å². The van der Waals surface area contributed by atoms with E-state index in [0.717, 1.165) is 30.2 Å². The molecule has 10 nitrogen and oxygen atoms in total. The Labute approximate surface area is 189 Å². The van der Waals surface area contributed by atoms with E-state index in [1.165, 1.54) is 0 Å². The van der Waals surface area contributed by atoms with E-state index in [4.69, 9.17) is 22.4 Å². The van der Waals surface area contributed by atoms with E-state index in [-0.39, 0.29) is 28.6 Å². The lowest BCUT2D eigenvalue weighted by atomic mass is 10.0. The highest BCUT2D eigenvalue weighted by Gasteiger charge is 2.35. The highest BCUT2D eigenvalue weighted by atomic mass is 32.1. The summed E-state index contributed by atoms with van der Waals surface area (Å²) in [7, 11) is 1.80. The van der Waals surface area contributed by atoms with Gasteiger partial charge in [-0.05, 0) is 56.6 Å². The van der Waals surface area contributed by atoms with E-state index < -0.39 is 6.04 Å². The van der Waals surface area contributed by atoms with Crippen molar-refractivity contribution in [3.8, 4) is 0 Å². The molecule has 3 aromatic rings. The number of rotatable bonds is 8. The molecule has 4 rings (SSSR count). The van der Waals surface area contributed by atoms with Crippen LogP contribution in [0.5, 0.6) is 0 Å². The summed E-state index contributed by atoms with van der Waals surface area (Å²) >= 11 is 4.98. The third-order valence-corrected chi connectivity index (χ3v) is 6.02. The molecule has 1 aliphatic carbocycles. The minimum Gasteiger partial charge on any atom is -0.414 e. The molecule has 3 atom stereocenters. The second-order valence-corrected chi connectivity index (χ2v) is 8.47. The van der Waals surface area contributed by atoms with Gasteiger partial charge in [0.15, 0.2) is 0 Å². The van der Waals surface area contributed by atoms with Crippen LogP contribution in [0.4, 0.5) is 0 Å². The summed E-state index contributed by atoms with van der Waals surface area (Å²) < 4.78 is 7.13. The highest BCUT2D eigenvalue weighted by Crippen LogP contribution is 2.33. The first kappa shape index (κ1) is 22.2. The van der Waals surface area contributed by atoms with Crippen molar-refractivity contribution in [1.82, 2.24) is 30.6 Å². The van der Waals surface area contributed by atoms with Crippen LogP contribution in [0.15, 0.2) is 28.8 Å². The lowest BCUT2D eigenvalue weighted by Crippen LogP contribution is -2.50. The largest absolute Gasteiger partial charge is 0.414 e. The lowest BCUT2D eigenvalue weighted by molar-refractivity contribution is -0.124. The van der Waals surface area contributed by atoms with E-state index >= 15 is 0 Å². The van der Waals surface area contributed by atoms with E-state index in [1.807, 2.05) is 6.07 Å². The minimum absolute atomic E-state index is 0.0538. The number of benzene rings is 1. The van der Waals surface area contributed by atoms with Gasteiger partial charge in [-0.3, -0.25) is 14.3 Å². The van der Waals surface area contributed by atoms with Gasteiger partial charge in [-0.15, -0.1) is 5.10 Å². The third kappa shape index (κ3) is 4.73. The van der Waals surface area contributed by atoms with Crippen molar-refractivity contribution in [3.63, 3.8) is 0 Å². The topological polar surface area (TPSA) is 144 Å². The van der Waals surface area contributed by atoms with Crippen LogP contribution in [-0.4, -0.2) is 50.4 Å². The maximum Gasteiger partial charge on any atom is 0.284 e. The summed E-state index contributed by atoms with van der Waals surface area (Å²) in [6.45, 7) is 0.428. The van der Waals surface area contributed by atoms with Crippen LogP contribution in [0.2, 0.25) is 0 Å². The fourth-order valence-electron chi connectivity index (χ4n) is 4.30. The van der Waals surface area contributed by atoms with Crippen molar-refractivity contribution < 1.29 is 14.0 Å². The predicted octanol–water partition coefficient (Wildman–Crippen LogP) is 1.91. The number of hydrogen-bond donors (Lipinski definition) is 4. The number of carbonyl (C=O) groups is 2. The van der Waals surface area contributed by atoms with Crippen LogP contribution in [0, 0.1) is 4.84 Å². The Kier molecular flexibility index (Phi) is 6.66. The second kappa shape index (κ2) is 9.61. The molecule has 2 amide bonds. The maximum absolute atomic E-state index is 13.2. The average Bonchev–Trinajstić information content (AvgIpc) is 3.49. The van der Waals surface area contributed by atoms with Gasteiger partial charge in [0.25, 0.3) is 10.7 Å². The Morgan fingerprint density at radius 3 is 3.00 bits per heavy atom. The summed E-state index contributed by atoms with van der Waals surface area (Å²) in [4.78, 5) is 26.4. The molecule has 1 aliphatic rings. The van der Waals surface area contributed by atoms with Crippen molar-refractivity contribution in [2.75, 3.05) is 6.54 Å². The first-order chi connectivity index (χ1) is 15.5. The van der Waals surface area contributed by atoms with Gasteiger partial charge in [-0.1, -0.05) is 12.5 Å². The number of hydrogen-bond acceptors (Lipinski definition) is 7. The van der Waals surface area contributed by atoms with Crippen LogP contribution < -0.4 is 16.4 Å². The standard InChI is InChI=1S/C21H27N7O3S/c1-28-11-14-12(5-2-8-16(14)27-28)18(29)24-17(9-4-10-22)19(30)23-15-7-3-6-13(15)20-25-26-21(32)31-20/h2,5,8,11,13,15,17H,3-4,6-7,9-10,22H2,1H3,(H,23,30)(H,24,29)(H,26,32)/t13-,15+,17+/m1/s1. The van der Waals surface area contributed by atoms with Gasteiger partial charge >= 0.3 is 0 Å². The molecule has 0 aliphatic heterocycles. The van der Waals surface area contributed by atoms with Crippen LogP contribution in [0.1, 0.15) is 54.3 Å². The van der Waals surface area contributed by atoms with Crippen molar-refractivity contribution in [3.05, 3.63) is 40.7 Å². The van der Waals surface area contributed by atoms with Crippen molar-refractivity contribution >= 4 is 34.9 Å². The number of H-pyrrole nitrogens is 1. The van der Waals surface area contributed by atoms with Crippen molar-refractivity contribution in [1.29, 1.82) is 0 Å². The zero-order valence-electron chi connectivity index (χ0n) is 17.8. The molecule has 2 heterocycles. The molecule has 2 aromatic heterocycles. The molecule has 170 valence electrons. The lowest BCUT2D eigenvalue weighted by Gasteiger charge is -2.23. The van der Waals surface area contributed by atoms with E-state index in [9.17, 15) is 9.59 Å². The Balaban J connectivity index is 1.49. The summed E-state index contributed by atoms with van der Waals surface area (Å²) in [5, 5.41) is 17.8. The van der Waals surface area contributed by atoms with Gasteiger partial charge in [0.2, 0.25) is 11.8 Å². The number of aromatic nitrogens is 4. The molecule has 0 bridgehead atoms. The molecular weight excluding hydrogens is 430 g/mol. The molecule has 1 aromatic carbocycles. The molecule has 11 heteroatoms. The summed E-state index contributed by atoms with van der Waals surface area (Å²) in [6, 6.07) is 4.52. The number of nitrogens with two attached hydrogens (primary N) is 1. The third-order valence-electron chi connectivity index (χ3n) is 5.84. The van der Waals surface area contributed by atoms with Crippen LogP contribution in [-0.2, 0) is 11.8 Å². The molecule has 5 N–H and O–H groups in total. The summed E-state index contributed by atoms with van der Waals surface area (Å²) in [5.41, 5.74) is 6.87. The van der Waals surface area contributed by atoms with Gasteiger partial charge in [0.1, 0.15) is 6.04 Å². The average molecular weight is 458 g/mol. The van der Waals surface area contributed by atoms with Crippen LogP contribution in [0.3, 0.4) is 0 Å². The zero-order valence-corrected chi connectivity index (χ0v) is 18.7. The molecule has 0 spiro atoms. The molecule has 0 radical (unpaired) electrons. The van der Waals surface area contributed by atoms with Gasteiger partial charge in [-0.2, -0.15) is 5.10 Å². The number of aromatic amines is 1. The number of nitrogens with one attached hydrogen (secondary N) is 3. The smallest absolute Gasteiger partial charge is 0.284 e. The normalized spacial score (nSPS) is 19.2. The van der Waals surface area contributed by atoms with Crippen molar-refractivity contribution in [2.45, 2.75) is 50.1 Å². The van der Waals surface area contributed by atoms with Gasteiger partial charge < -0.3 is 20.8 Å². The molecule has 32 heavy (non-hydrogen) atoms. The highest BCUT2D eigenvalue weighted by molar-refractivity contribution is 7.71. The monoisotopic (exact) mass is 457 g/mol. The van der Waals surface area contributed by atoms with Gasteiger partial charge in [0.05, 0.1) is 17.0 Å². The fraction of sp³-hybridized carbons (Fsp3) is 0.476. The minimum atomic E-state index is -0.704. The van der Waals surface area contributed by atoms with Crippen molar-refractivity contribution in [2.24, 2.45) is 12.8 Å². The Hall–Kier alpha value is -3.05. The molecule has 1 saturated carbocycles. The first-order valence-corrected chi connectivity index (χ1v) is 11.2. The molecule has 1 fully saturated rings. The first-order valence-electron chi connectivity index (χ1n) is 10.8. The number of amides is 2. The zero-order chi connectivity index (χ0) is 22.7. The van der Waals surface area contributed by atoms with Gasteiger partial charge in [-0.25, -0.2) is 5.10 Å². The van der Waals surface area contributed by atoms with E-state index in [1.54, 1.807) is 30.1 Å². The second-order valence-electron chi connectivity index (χ2n) is 8.10. The van der Waals surface area contributed by atoms with E-state index in [2.05, 4.69) is 25.9 Å². The number of carbonyl (C=O) groups excluding carboxylic acids is 2. The Morgan fingerprint density at radius 2 is 2.25 bits per heavy atom. The predicted molar refractivity (Wildman–Crippen MR) is 120 cm³/mol. The summed E-state index contributed by atoms with van der Waals surface area (Å²) in [6.07, 6.45) is 5.43. The quantitative estimate of drug-likeness (QED) is 0.378.